The van der Waals surface area contributed by atoms with E-state index in [2.05, 4.69) is 211 Å². The van der Waals surface area contributed by atoms with E-state index in [1.54, 1.807) is 0 Å². The van der Waals surface area contributed by atoms with Crippen molar-refractivity contribution in [2.24, 2.45) is 9.98 Å². The fourth-order valence-corrected chi connectivity index (χ4v) is 9.42. The minimum atomic E-state index is -0.272. The predicted molar refractivity (Wildman–Crippen MR) is 246 cm³/mol. The lowest BCUT2D eigenvalue weighted by Crippen LogP contribution is -2.26. The molecule has 0 radical (unpaired) electrons. The molecule has 0 amide bonds. The van der Waals surface area contributed by atoms with Gasteiger partial charge < -0.3 is 4.90 Å². The summed E-state index contributed by atoms with van der Waals surface area (Å²) < 4.78 is 0. The van der Waals surface area contributed by atoms with Crippen LogP contribution in [0.25, 0.3) is 43.8 Å². The second-order valence-electron chi connectivity index (χ2n) is 15.8. The first-order valence-electron chi connectivity index (χ1n) is 20.5. The maximum Gasteiger partial charge on any atom is 0.128 e. The van der Waals surface area contributed by atoms with E-state index >= 15 is 0 Å². The van der Waals surface area contributed by atoms with Crippen LogP contribution in [0.5, 0.6) is 0 Å². The van der Waals surface area contributed by atoms with Crippen molar-refractivity contribution in [3.8, 4) is 22.3 Å². The van der Waals surface area contributed by atoms with E-state index in [9.17, 15) is 0 Å². The molecular formula is C56H41N3. The van der Waals surface area contributed by atoms with Crippen molar-refractivity contribution in [2.75, 3.05) is 0 Å². The van der Waals surface area contributed by atoms with Crippen LogP contribution in [0.15, 0.2) is 229 Å². The quantitative estimate of drug-likeness (QED) is 0.155. The molecule has 3 aliphatic heterocycles. The molecule has 3 nitrogen and oxygen atoms in total. The molecule has 3 unspecified atom stereocenters. The lowest BCUT2D eigenvalue weighted by molar-refractivity contribution is 0.396. The van der Waals surface area contributed by atoms with Crippen molar-refractivity contribution in [1.82, 2.24) is 4.90 Å². The largest absolute Gasteiger partial charge is 0.323 e. The number of hydrogen-bond acceptors (Lipinski definition) is 3. The van der Waals surface area contributed by atoms with E-state index in [-0.39, 0.29) is 18.1 Å². The third kappa shape index (κ3) is 6.23. The summed E-state index contributed by atoms with van der Waals surface area (Å²) in [6.07, 6.45) is 9.19. The molecule has 0 aliphatic carbocycles. The van der Waals surface area contributed by atoms with Gasteiger partial charge in [0.1, 0.15) is 11.9 Å². The van der Waals surface area contributed by atoms with Gasteiger partial charge in [-0.3, -0.25) is 9.98 Å². The summed E-state index contributed by atoms with van der Waals surface area (Å²) in [4.78, 5) is 13.3. The molecule has 8 aromatic rings. The lowest BCUT2D eigenvalue weighted by Gasteiger charge is -2.29. The van der Waals surface area contributed by atoms with Crippen molar-refractivity contribution in [3.63, 3.8) is 0 Å². The summed E-state index contributed by atoms with van der Waals surface area (Å²) in [5, 5.41) is 4.93. The summed E-state index contributed by atoms with van der Waals surface area (Å²) >= 11 is 0. The number of benzene rings is 8. The Labute approximate surface area is 345 Å². The molecule has 59 heavy (non-hydrogen) atoms. The van der Waals surface area contributed by atoms with Crippen LogP contribution in [0.3, 0.4) is 0 Å². The highest BCUT2D eigenvalue weighted by Crippen LogP contribution is 2.45. The van der Waals surface area contributed by atoms with Crippen LogP contribution in [-0.2, 0) is 6.42 Å². The van der Waals surface area contributed by atoms with Gasteiger partial charge >= 0.3 is 0 Å². The van der Waals surface area contributed by atoms with Crippen LogP contribution in [0.2, 0.25) is 0 Å². The highest BCUT2D eigenvalue weighted by molar-refractivity contribution is 6.16. The Hall–Kier alpha value is -7.36. The van der Waals surface area contributed by atoms with Gasteiger partial charge in [-0.25, -0.2) is 0 Å². The molecule has 3 aliphatic rings. The highest BCUT2D eigenvalue weighted by Gasteiger charge is 2.37. The Morgan fingerprint density at radius 1 is 0.492 bits per heavy atom. The average Bonchev–Trinajstić information content (AvgIpc) is 3.62. The molecule has 0 saturated carbocycles. The second-order valence-corrected chi connectivity index (χ2v) is 15.8. The molecule has 0 N–H and O–H groups in total. The van der Waals surface area contributed by atoms with Gasteiger partial charge in [0, 0.05) is 17.3 Å². The minimum absolute atomic E-state index is 0.0160. The van der Waals surface area contributed by atoms with Gasteiger partial charge in [0.25, 0.3) is 0 Å². The highest BCUT2D eigenvalue weighted by atomic mass is 15.3. The molecule has 3 atom stereocenters. The van der Waals surface area contributed by atoms with Gasteiger partial charge in [0.05, 0.1) is 17.8 Å². The van der Waals surface area contributed by atoms with Crippen molar-refractivity contribution in [2.45, 2.75) is 24.5 Å². The van der Waals surface area contributed by atoms with Gasteiger partial charge in [-0.15, -0.1) is 0 Å². The second kappa shape index (κ2) is 14.5. The topological polar surface area (TPSA) is 28.0 Å². The summed E-state index contributed by atoms with van der Waals surface area (Å²) in [6.45, 7) is 4.83. The number of nitrogens with zero attached hydrogens (tertiary/aromatic N) is 3. The van der Waals surface area contributed by atoms with Gasteiger partial charge in [0.2, 0.25) is 0 Å². The Balaban J connectivity index is 1.10. The Morgan fingerprint density at radius 3 is 2.00 bits per heavy atom. The number of allylic oxidation sites excluding steroid dienone is 2. The van der Waals surface area contributed by atoms with Crippen LogP contribution in [-0.4, -0.2) is 16.4 Å². The molecule has 280 valence electrons. The molecule has 3 heterocycles. The van der Waals surface area contributed by atoms with Crippen molar-refractivity contribution >= 4 is 33.1 Å². The normalized spacial score (nSPS) is 18.3. The number of rotatable bonds is 6. The number of fused-ring (bicyclic) bond motifs is 5. The SMILES string of the molecule is C=C1Cc2c(ccc3ccccc23)C(c2ccccc2)=NC1c1cc(-c2cccc(C3C(c4ccccc4)N=C4C=CC=CN43)c2)cc(-c2cccc3ccccc23)c1. The molecule has 8 aromatic carbocycles. The minimum Gasteiger partial charge on any atom is -0.323 e. The Bertz CT molecular complexity index is 3060. The van der Waals surface area contributed by atoms with Crippen molar-refractivity contribution in [3.05, 3.63) is 252 Å². The molecule has 11 rings (SSSR count). The number of aliphatic imine (C=N–C) groups is 2. The summed E-state index contributed by atoms with van der Waals surface area (Å²) in [5.41, 5.74) is 13.9. The van der Waals surface area contributed by atoms with Gasteiger partial charge in [-0.1, -0.05) is 170 Å². The zero-order chi connectivity index (χ0) is 39.3. The monoisotopic (exact) mass is 755 g/mol. The van der Waals surface area contributed by atoms with E-state index in [0.717, 1.165) is 51.4 Å². The Kier molecular flexibility index (Phi) is 8.59. The van der Waals surface area contributed by atoms with Gasteiger partial charge in [-0.05, 0) is 114 Å². The third-order valence-electron chi connectivity index (χ3n) is 12.2. The number of amidine groups is 1. The molecule has 0 aromatic heterocycles. The standard InChI is InChI=1S/C56H41N3/c1-37-32-51-48-26-11-9-17-39(48)29-30-50(51)54(40-18-4-2-5-19-40)58-53(37)46-35-44(34-45(36-46)49-27-15-22-38-16-8-10-25-47(38)49)42-23-14-24-43(33-42)56-55(41-20-6-3-7-21-41)57-52-28-12-13-31-59(52)56/h2-31,33-36,53,55-56H,1,32H2. The van der Waals surface area contributed by atoms with Crippen LogP contribution >= 0.6 is 0 Å². The Morgan fingerprint density at radius 2 is 1.15 bits per heavy atom. The summed E-state index contributed by atoms with van der Waals surface area (Å²) in [7, 11) is 0. The third-order valence-corrected chi connectivity index (χ3v) is 12.2. The maximum atomic E-state index is 5.73. The first-order chi connectivity index (χ1) is 29.2. The van der Waals surface area contributed by atoms with Crippen LogP contribution in [0, 0.1) is 0 Å². The predicted octanol–water partition coefficient (Wildman–Crippen LogP) is 13.6. The first-order valence-corrected chi connectivity index (χ1v) is 20.5. The van der Waals surface area contributed by atoms with Crippen LogP contribution in [0.1, 0.15) is 51.5 Å². The lowest BCUT2D eigenvalue weighted by atomic mass is 9.87. The molecule has 0 fully saturated rings. The zero-order valence-electron chi connectivity index (χ0n) is 32.6. The molecular weight excluding hydrogens is 715 g/mol. The molecule has 3 heteroatoms. The van der Waals surface area contributed by atoms with E-state index < -0.39 is 0 Å². The maximum absolute atomic E-state index is 5.73. The van der Waals surface area contributed by atoms with E-state index in [0.29, 0.717) is 0 Å². The van der Waals surface area contributed by atoms with E-state index in [1.165, 1.54) is 49.4 Å². The fraction of sp³-hybridized carbons (Fsp3) is 0.0714. The summed E-state index contributed by atoms with van der Waals surface area (Å²) in [6, 6.07) is 65.7. The van der Waals surface area contributed by atoms with Gasteiger partial charge in [0.15, 0.2) is 0 Å². The zero-order valence-corrected chi connectivity index (χ0v) is 32.6. The van der Waals surface area contributed by atoms with Crippen molar-refractivity contribution < 1.29 is 0 Å². The average molecular weight is 756 g/mol. The summed E-state index contributed by atoms with van der Waals surface area (Å²) in [5.74, 6) is 0.990. The van der Waals surface area contributed by atoms with E-state index in [1.807, 2.05) is 0 Å². The fourth-order valence-electron chi connectivity index (χ4n) is 9.42. The molecule has 0 bridgehead atoms. The van der Waals surface area contributed by atoms with Crippen LogP contribution < -0.4 is 0 Å². The van der Waals surface area contributed by atoms with Crippen molar-refractivity contribution in [1.29, 1.82) is 0 Å². The molecule has 0 saturated heterocycles. The van der Waals surface area contributed by atoms with Gasteiger partial charge in [-0.2, -0.15) is 0 Å². The number of hydrogen-bond donors (Lipinski definition) is 0. The molecule has 0 spiro atoms. The van der Waals surface area contributed by atoms with E-state index in [4.69, 9.17) is 16.6 Å². The van der Waals surface area contributed by atoms with Crippen LogP contribution in [0.4, 0.5) is 0 Å². The smallest absolute Gasteiger partial charge is 0.128 e. The first kappa shape index (κ1) is 34.9.